The van der Waals surface area contributed by atoms with Crippen molar-refractivity contribution in [1.82, 2.24) is 49.7 Å². The molecule has 6 rings (SSSR count). The molecule has 246 valence electrons. The number of urea groups is 1. The predicted octanol–water partition coefficient (Wildman–Crippen LogP) is 3.68. The number of hydrogen-bond donors (Lipinski definition) is 3. The van der Waals surface area contributed by atoms with Crippen LogP contribution in [0.5, 0.6) is 11.5 Å². The predicted molar refractivity (Wildman–Crippen MR) is 176 cm³/mol. The van der Waals surface area contributed by atoms with Crippen LogP contribution >= 0.6 is 0 Å². The highest BCUT2D eigenvalue weighted by Crippen LogP contribution is 2.32. The molecule has 0 fully saturated rings. The van der Waals surface area contributed by atoms with Crippen LogP contribution in [-0.4, -0.2) is 65.0 Å². The van der Waals surface area contributed by atoms with E-state index in [4.69, 9.17) is 15.2 Å². The fourth-order valence-corrected chi connectivity index (χ4v) is 4.58. The Morgan fingerprint density at radius 3 is 1.94 bits per heavy atom. The van der Waals surface area contributed by atoms with Crippen LogP contribution in [0.25, 0.3) is 11.9 Å². The Balaban J connectivity index is 0.000000216. The van der Waals surface area contributed by atoms with Gasteiger partial charge in [0.05, 0.1) is 11.4 Å². The summed E-state index contributed by atoms with van der Waals surface area (Å²) in [5.41, 5.74) is 9.75. The van der Waals surface area contributed by atoms with Crippen molar-refractivity contribution in [2.24, 2.45) is 5.73 Å². The van der Waals surface area contributed by atoms with E-state index >= 15 is 0 Å². The van der Waals surface area contributed by atoms with Crippen molar-refractivity contribution in [2.45, 2.75) is 58.9 Å². The number of rotatable bonds is 9. The van der Waals surface area contributed by atoms with Gasteiger partial charge >= 0.3 is 6.03 Å². The number of aryl methyl sites for hydroxylation is 2. The maximum absolute atomic E-state index is 12.3. The third-order valence-electron chi connectivity index (χ3n) is 7.63. The zero-order chi connectivity index (χ0) is 33.6. The first-order valence-corrected chi connectivity index (χ1v) is 15.2. The molecule has 0 aliphatic carbocycles. The van der Waals surface area contributed by atoms with Crippen molar-refractivity contribution >= 4 is 6.03 Å². The number of amides is 2. The molecule has 0 atom stereocenters. The first-order valence-electron chi connectivity index (χ1n) is 15.2. The van der Waals surface area contributed by atoms with Crippen molar-refractivity contribution in [3.8, 4) is 23.4 Å². The summed E-state index contributed by atoms with van der Waals surface area (Å²) in [7, 11) is 0. The lowest BCUT2D eigenvalue weighted by atomic mass is 9.88. The molecule has 14 heteroatoms. The van der Waals surface area contributed by atoms with Crippen LogP contribution in [0.15, 0.2) is 67.8 Å². The fourth-order valence-electron chi connectivity index (χ4n) is 4.58. The molecule has 1 aliphatic heterocycles. The van der Waals surface area contributed by atoms with Gasteiger partial charge in [0.2, 0.25) is 18.7 Å². The number of fused-ring (bicyclic) bond motifs is 1. The third-order valence-corrected chi connectivity index (χ3v) is 7.63. The number of carbonyl (C=O) groups excluding carboxylic acids is 1. The monoisotopic (exact) mass is 639 g/mol. The van der Waals surface area contributed by atoms with Crippen molar-refractivity contribution in [1.29, 1.82) is 0 Å². The molecule has 0 bridgehead atoms. The van der Waals surface area contributed by atoms with Gasteiger partial charge in [-0.15, -0.1) is 0 Å². The standard InChI is InChI=1S/C21H24N6O3.C12H17N5/c1-14-8-18(26-19(25-14)27-7-6-22-12-27)21(2,3)11-24-20(28)23-10-15-4-5-16-17(9-15)30-13-29-16;1-9-6-10(12(2,3)7-13)16-11(15-9)17-5-4-14-8-17/h4-9,12H,10-11,13H2,1-3H3,(H2,23,24,28);4-6,8H,7,13H2,1-3H3. The van der Waals surface area contributed by atoms with E-state index in [2.05, 4.69) is 54.4 Å². The number of hydrogen-bond acceptors (Lipinski definition) is 10. The quantitative estimate of drug-likeness (QED) is 0.216. The summed E-state index contributed by atoms with van der Waals surface area (Å²) in [6.45, 7) is 13.7. The van der Waals surface area contributed by atoms with E-state index in [0.29, 0.717) is 37.3 Å². The maximum Gasteiger partial charge on any atom is 0.315 e. The number of carbonyl (C=O) groups is 1. The highest BCUT2D eigenvalue weighted by Gasteiger charge is 2.25. The molecule has 2 amide bonds. The molecule has 4 aromatic heterocycles. The van der Waals surface area contributed by atoms with Crippen LogP contribution in [0, 0.1) is 13.8 Å². The van der Waals surface area contributed by atoms with Gasteiger partial charge in [0.1, 0.15) is 12.7 Å². The van der Waals surface area contributed by atoms with Crippen LogP contribution in [-0.2, 0) is 17.4 Å². The zero-order valence-electron chi connectivity index (χ0n) is 27.6. The number of aromatic nitrogens is 8. The summed E-state index contributed by atoms with van der Waals surface area (Å²) < 4.78 is 14.2. The molecule has 1 aliphatic rings. The minimum absolute atomic E-state index is 0.150. The molecule has 0 saturated carbocycles. The van der Waals surface area contributed by atoms with Crippen molar-refractivity contribution in [3.63, 3.8) is 0 Å². The van der Waals surface area contributed by atoms with Gasteiger partial charge in [-0.25, -0.2) is 34.7 Å². The molecule has 4 N–H and O–H groups in total. The first kappa shape index (κ1) is 33.0. The van der Waals surface area contributed by atoms with Crippen LogP contribution < -0.4 is 25.8 Å². The van der Waals surface area contributed by atoms with Crippen molar-refractivity contribution < 1.29 is 14.3 Å². The van der Waals surface area contributed by atoms with E-state index in [-0.39, 0.29) is 23.7 Å². The third kappa shape index (κ3) is 8.27. The maximum atomic E-state index is 12.3. The molecular formula is C33H41N11O3. The zero-order valence-corrected chi connectivity index (χ0v) is 27.6. The number of nitrogens with zero attached hydrogens (tertiary/aromatic N) is 8. The van der Waals surface area contributed by atoms with Gasteiger partial charge in [-0.3, -0.25) is 9.13 Å². The highest BCUT2D eigenvalue weighted by atomic mass is 16.7. The largest absolute Gasteiger partial charge is 0.454 e. The number of imidazole rings is 2. The first-order chi connectivity index (χ1) is 22.4. The van der Waals surface area contributed by atoms with E-state index in [1.54, 1.807) is 40.4 Å². The number of nitrogens with two attached hydrogens (primary N) is 1. The summed E-state index contributed by atoms with van der Waals surface area (Å²) in [4.78, 5) is 38.4. The summed E-state index contributed by atoms with van der Waals surface area (Å²) in [6.07, 6.45) is 10.4. The Morgan fingerprint density at radius 1 is 0.809 bits per heavy atom. The molecule has 0 spiro atoms. The molecule has 5 aromatic rings. The van der Waals surface area contributed by atoms with Gasteiger partial charge in [0, 0.05) is 66.6 Å². The SMILES string of the molecule is Cc1cc(C(C)(C)CN)nc(-n2ccnc2)n1.Cc1cc(C(C)(C)CNC(=O)NCc2ccc3c(c2)OCO3)nc(-n2ccnc2)n1. The van der Waals surface area contributed by atoms with Gasteiger partial charge in [-0.2, -0.15) is 0 Å². The Hall–Kier alpha value is -5.37. The minimum atomic E-state index is -0.390. The Bertz CT molecular complexity index is 1800. The molecule has 5 heterocycles. The lowest BCUT2D eigenvalue weighted by Gasteiger charge is -2.25. The minimum Gasteiger partial charge on any atom is -0.454 e. The lowest BCUT2D eigenvalue weighted by molar-refractivity contribution is 0.174. The Kier molecular flexibility index (Phi) is 9.80. The molecular weight excluding hydrogens is 598 g/mol. The van der Waals surface area contributed by atoms with E-state index in [1.807, 2.05) is 64.2 Å². The van der Waals surface area contributed by atoms with Crippen LogP contribution in [0.3, 0.4) is 0 Å². The average Bonchev–Trinajstić information content (AvgIpc) is 3.86. The Labute approximate surface area is 273 Å². The summed E-state index contributed by atoms with van der Waals surface area (Å²) in [6, 6.07) is 9.28. The van der Waals surface area contributed by atoms with Crippen molar-refractivity contribution in [2.75, 3.05) is 19.9 Å². The fraction of sp³-hybridized carbons (Fsp3) is 0.364. The molecule has 0 saturated heterocycles. The summed E-state index contributed by atoms with van der Waals surface area (Å²) in [5.74, 6) is 2.62. The molecule has 1 aromatic carbocycles. The van der Waals surface area contributed by atoms with Crippen molar-refractivity contribution in [3.05, 3.63) is 96.1 Å². The molecule has 14 nitrogen and oxygen atoms in total. The topological polar surface area (TPSA) is 173 Å². The normalized spacial score (nSPS) is 12.3. The van der Waals surface area contributed by atoms with Gasteiger partial charge in [0.15, 0.2) is 11.5 Å². The van der Waals surface area contributed by atoms with E-state index in [1.165, 1.54) is 0 Å². The van der Waals surface area contributed by atoms with E-state index in [0.717, 1.165) is 34.1 Å². The second-order valence-electron chi connectivity index (χ2n) is 12.5. The lowest BCUT2D eigenvalue weighted by Crippen LogP contribution is -2.42. The van der Waals surface area contributed by atoms with Crippen LogP contribution in [0.2, 0.25) is 0 Å². The molecule has 0 radical (unpaired) electrons. The average molecular weight is 640 g/mol. The van der Waals surface area contributed by atoms with Gasteiger partial charge in [-0.1, -0.05) is 33.8 Å². The molecule has 47 heavy (non-hydrogen) atoms. The Morgan fingerprint density at radius 2 is 1.38 bits per heavy atom. The number of benzene rings is 1. The summed E-state index contributed by atoms with van der Waals surface area (Å²) in [5, 5.41) is 5.80. The molecule has 0 unspecified atom stereocenters. The highest BCUT2D eigenvalue weighted by molar-refractivity contribution is 5.74. The summed E-state index contributed by atoms with van der Waals surface area (Å²) >= 11 is 0. The number of nitrogens with one attached hydrogen (secondary N) is 2. The second kappa shape index (κ2) is 14.0. The van der Waals surface area contributed by atoms with E-state index in [9.17, 15) is 4.79 Å². The van der Waals surface area contributed by atoms with Crippen LogP contribution in [0.4, 0.5) is 4.79 Å². The second-order valence-corrected chi connectivity index (χ2v) is 12.5. The van der Waals surface area contributed by atoms with Gasteiger partial charge in [0.25, 0.3) is 0 Å². The van der Waals surface area contributed by atoms with E-state index < -0.39 is 0 Å². The smallest absolute Gasteiger partial charge is 0.315 e. The number of ether oxygens (including phenoxy) is 2. The van der Waals surface area contributed by atoms with Crippen LogP contribution in [0.1, 0.15) is 56.0 Å². The van der Waals surface area contributed by atoms with Gasteiger partial charge in [-0.05, 0) is 43.7 Å². The van der Waals surface area contributed by atoms with Gasteiger partial charge < -0.3 is 25.8 Å².